The summed E-state index contributed by atoms with van der Waals surface area (Å²) in [6.07, 6.45) is 127. The van der Waals surface area contributed by atoms with E-state index in [-0.39, 0.29) is 47.3 Å². The molecule has 0 aliphatic heterocycles. The molecule has 760 valence electrons. The third-order valence-corrected chi connectivity index (χ3v) is 20.2. The van der Waals surface area contributed by atoms with E-state index in [0.29, 0.717) is 0 Å². The van der Waals surface area contributed by atoms with Crippen molar-refractivity contribution in [3.63, 3.8) is 0 Å². The standard InChI is InChI=1S/C18H33NO.C17H31NO.C16H29NO.C15H27NO.C14H25NO.C13H23NO.C12H21NO.C11H19NO/c1-4-5-6-7-8-9-10-11-12-13-14-15-16-17-18(20)19(2)3;1-4-5-6-7-8-9-10-11-12-13-14-15-16-17(19)18(2)3;1-4-5-6-7-8-9-10-11-12-13-14-15-16(18)17(2)3;1-4-5-6-7-8-9-10-11-12-13-14-15(17)16(2)3;1-4-5-6-7-8-9-10-11-12-13-14(16)15(2)3;1-4-5-6-7-8-9-10-11-12-13(15)14(2)3;1-4-5-6-7-8-9-10-11-12(14)13(2)3;1-4-5-6-7-8-9-10-11(13)12(2)3/h14-17H,4-13H2,1-3H3;13-16H,4-12H2,1-3H3;12-15H,4-11H2,1-3H3;11-14H,4-10H2,1-3H3;10-13H,4-9H2,1-3H3;9-12H,4-8H2,1-3H3;8-11H,4-7H2,1-3H3;7-10H,4-6H2,1-3H3/b15-14+,17-16+;14-13+,16-15+;13-12+,15-14+;12-11+,14-13+;11-10+,13-12+;10-9+,12-11+;9-8+,11-10+;8-7+,10-9+. The van der Waals surface area contributed by atoms with Gasteiger partial charge in [-0.1, -0.05) is 439 Å². The number of amides is 8. The van der Waals surface area contributed by atoms with E-state index >= 15 is 0 Å². The van der Waals surface area contributed by atoms with Crippen LogP contribution >= 0.6 is 0 Å². The molecule has 0 radical (unpaired) electrons. The van der Waals surface area contributed by atoms with Gasteiger partial charge in [-0.05, 0) is 96.3 Å². The summed E-state index contributed by atoms with van der Waals surface area (Å²) < 4.78 is 0. The van der Waals surface area contributed by atoms with Crippen molar-refractivity contribution in [3.8, 4) is 0 Å². The molecule has 0 aromatic carbocycles. The van der Waals surface area contributed by atoms with Crippen LogP contribution in [0.25, 0.3) is 0 Å². The molecule has 16 nitrogen and oxygen atoms in total. The van der Waals surface area contributed by atoms with Crippen molar-refractivity contribution in [2.24, 2.45) is 0 Å². The Morgan fingerprint density at radius 3 is 0.341 bits per heavy atom. The fourth-order valence-electron chi connectivity index (χ4n) is 11.3. The van der Waals surface area contributed by atoms with Crippen molar-refractivity contribution in [3.05, 3.63) is 194 Å². The summed E-state index contributed by atoms with van der Waals surface area (Å²) in [5.74, 6) is 0.279. The Morgan fingerprint density at radius 2 is 0.220 bits per heavy atom. The molecule has 8 amide bonds. The molecular weight excluding hydrogens is 1630 g/mol. The summed E-state index contributed by atoms with van der Waals surface area (Å²) in [5.41, 5.74) is 0. The van der Waals surface area contributed by atoms with Crippen molar-refractivity contribution in [2.75, 3.05) is 113 Å². The third kappa shape index (κ3) is 132. The van der Waals surface area contributed by atoms with E-state index in [1.54, 1.807) is 213 Å². The number of nitrogens with zero attached hydrogens (tertiary/aromatic N) is 8. The number of carbonyl (C=O) groups is 8. The number of hydrogen-bond acceptors (Lipinski definition) is 8. The van der Waals surface area contributed by atoms with Crippen LogP contribution in [0.4, 0.5) is 0 Å². The Kier molecular flexibility index (Phi) is 125. The number of rotatable bonds is 68. The second-order valence-corrected chi connectivity index (χ2v) is 35.2. The van der Waals surface area contributed by atoms with Crippen molar-refractivity contribution in [1.29, 1.82) is 0 Å². The van der Waals surface area contributed by atoms with Gasteiger partial charge in [0.25, 0.3) is 0 Å². The molecule has 0 unspecified atom stereocenters. The lowest BCUT2D eigenvalue weighted by atomic mass is 10.1. The number of hydrogen-bond donors (Lipinski definition) is 0. The van der Waals surface area contributed by atoms with E-state index in [1.807, 2.05) is 85.1 Å². The quantitative estimate of drug-likeness (QED) is 0.0330. The Bertz CT molecular complexity index is 3100. The number of allylic oxidation sites excluding steroid dienone is 24. The first kappa shape index (κ1) is 139. The topological polar surface area (TPSA) is 162 Å². The lowest BCUT2D eigenvalue weighted by Crippen LogP contribution is -2.18. The van der Waals surface area contributed by atoms with Gasteiger partial charge in [0, 0.05) is 161 Å². The molecule has 0 aliphatic carbocycles. The highest BCUT2D eigenvalue weighted by Gasteiger charge is 2.02. The van der Waals surface area contributed by atoms with Crippen LogP contribution in [0.5, 0.6) is 0 Å². The molecule has 0 fully saturated rings. The molecule has 16 heteroatoms. The van der Waals surface area contributed by atoms with Gasteiger partial charge in [0.2, 0.25) is 47.3 Å². The zero-order chi connectivity index (χ0) is 101. The molecule has 132 heavy (non-hydrogen) atoms. The maximum absolute atomic E-state index is 11.2. The second-order valence-electron chi connectivity index (χ2n) is 35.2. The van der Waals surface area contributed by atoms with E-state index in [9.17, 15) is 38.4 Å². The van der Waals surface area contributed by atoms with Gasteiger partial charge in [-0.3, -0.25) is 38.4 Å². The van der Waals surface area contributed by atoms with Gasteiger partial charge in [0.05, 0.1) is 0 Å². The largest absolute Gasteiger partial charge is 0.345 e. The van der Waals surface area contributed by atoms with Gasteiger partial charge >= 0.3 is 0 Å². The van der Waals surface area contributed by atoms with Gasteiger partial charge in [0.15, 0.2) is 0 Å². The SMILES string of the molecule is CCCC/C=C/C=C/C(=O)N(C)C.CCCCC/C=C/C=C/C(=O)N(C)C.CCCCCC/C=C/C=C/C(=O)N(C)C.CCCCCCC/C=C/C=C/C(=O)N(C)C.CCCCCCCC/C=C/C=C/C(=O)N(C)C.CCCCCCCCC/C=C/C=C/C(=O)N(C)C.CCCCCCCCCC/C=C/C=C/C(=O)N(C)C.CCCCCCCCCCC/C=C/C=C/C(=O)N(C)C. The van der Waals surface area contributed by atoms with Crippen LogP contribution < -0.4 is 0 Å². The smallest absolute Gasteiger partial charge is 0.246 e. The van der Waals surface area contributed by atoms with Crippen LogP contribution in [-0.4, -0.2) is 199 Å². The average molecular weight is 1840 g/mol. The number of unbranched alkanes of at least 4 members (excludes halogenated alkanes) is 44. The highest BCUT2D eigenvalue weighted by molar-refractivity contribution is 5.90. The van der Waals surface area contributed by atoms with Crippen LogP contribution in [0.1, 0.15) is 389 Å². The molecular formula is C116H208N8O8. The van der Waals surface area contributed by atoms with Crippen molar-refractivity contribution >= 4 is 47.3 Å². The zero-order valence-corrected chi connectivity index (χ0v) is 90.1. The molecule has 0 saturated heterocycles. The molecule has 0 spiro atoms. The summed E-state index contributed by atoms with van der Waals surface area (Å²) in [5, 5.41) is 0. The van der Waals surface area contributed by atoms with Crippen LogP contribution in [0, 0.1) is 0 Å². The van der Waals surface area contributed by atoms with Gasteiger partial charge in [0.1, 0.15) is 0 Å². The van der Waals surface area contributed by atoms with E-state index < -0.39 is 0 Å². The fraction of sp³-hybridized carbons (Fsp3) is 0.655. The van der Waals surface area contributed by atoms with Gasteiger partial charge < -0.3 is 39.2 Å². The highest BCUT2D eigenvalue weighted by Crippen LogP contribution is 2.15. The molecule has 0 aromatic rings. The van der Waals surface area contributed by atoms with Crippen LogP contribution in [-0.2, 0) is 38.4 Å². The first-order valence-corrected chi connectivity index (χ1v) is 51.8. The summed E-state index contributed by atoms with van der Waals surface area (Å²) in [6.45, 7) is 17.8. The average Bonchev–Trinajstić information content (AvgIpc) is 1.06. The summed E-state index contributed by atoms with van der Waals surface area (Å²) >= 11 is 0. The number of likely N-dealkylation sites (N-methyl/N-ethyl adjacent to an activating group) is 8. The normalized spacial score (nSPS) is 11.5. The Morgan fingerprint density at radius 1 is 0.129 bits per heavy atom. The maximum atomic E-state index is 11.2. The summed E-state index contributed by atoms with van der Waals surface area (Å²) in [7, 11) is 28.1. The second kappa shape index (κ2) is 119. The van der Waals surface area contributed by atoms with Crippen molar-refractivity contribution in [2.45, 2.75) is 389 Å². The summed E-state index contributed by atoms with van der Waals surface area (Å²) in [6, 6.07) is 0. The van der Waals surface area contributed by atoms with E-state index in [0.717, 1.165) is 51.4 Å². The maximum Gasteiger partial charge on any atom is 0.246 e. The van der Waals surface area contributed by atoms with Gasteiger partial charge in [-0.15, -0.1) is 0 Å². The zero-order valence-electron chi connectivity index (χ0n) is 90.1. The van der Waals surface area contributed by atoms with Crippen molar-refractivity contribution in [1.82, 2.24) is 39.2 Å². The third-order valence-electron chi connectivity index (χ3n) is 20.2. The Balaban J connectivity index is -0.000000223. The first-order valence-electron chi connectivity index (χ1n) is 51.8. The van der Waals surface area contributed by atoms with E-state index in [4.69, 9.17) is 0 Å². The Hall–Kier alpha value is -8.40. The van der Waals surface area contributed by atoms with E-state index in [1.165, 1.54) is 283 Å². The minimum absolute atomic E-state index is 0.0279. The predicted molar refractivity (Wildman–Crippen MR) is 581 cm³/mol. The lowest BCUT2D eigenvalue weighted by molar-refractivity contribution is -0.124. The van der Waals surface area contributed by atoms with Crippen LogP contribution in [0.3, 0.4) is 0 Å². The van der Waals surface area contributed by atoms with Crippen LogP contribution in [0.2, 0.25) is 0 Å². The minimum Gasteiger partial charge on any atom is -0.345 e. The lowest BCUT2D eigenvalue weighted by Gasteiger charge is -2.04. The van der Waals surface area contributed by atoms with Crippen LogP contribution in [0.15, 0.2) is 194 Å². The first-order chi connectivity index (χ1) is 63.4. The highest BCUT2D eigenvalue weighted by atomic mass is 16.2. The molecule has 0 bridgehead atoms. The predicted octanol–water partition coefficient (Wildman–Crippen LogP) is 29.9. The number of carbonyl (C=O) groups excluding carboxylic acids is 8. The Labute approximate surface area is 816 Å². The molecule has 0 heterocycles. The molecule has 0 aromatic heterocycles. The fourth-order valence-corrected chi connectivity index (χ4v) is 11.3. The molecule has 0 rings (SSSR count). The molecule has 0 aliphatic rings. The van der Waals surface area contributed by atoms with E-state index in [2.05, 4.69) is 104 Å². The molecule has 0 N–H and O–H groups in total. The molecule has 0 atom stereocenters. The minimum atomic E-state index is 0.0279. The van der Waals surface area contributed by atoms with Gasteiger partial charge in [-0.25, -0.2) is 0 Å². The van der Waals surface area contributed by atoms with Crippen molar-refractivity contribution < 1.29 is 38.4 Å². The monoisotopic (exact) mass is 1840 g/mol. The molecule has 0 saturated carbocycles. The summed E-state index contributed by atoms with van der Waals surface area (Å²) in [4.78, 5) is 102. The van der Waals surface area contributed by atoms with Gasteiger partial charge in [-0.2, -0.15) is 0 Å².